The van der Waals surface area contributed by atoms with E-state index in [4.69, 9.17) is 5.11 Å². The van der Waals surface area contributed by atoms with E-state index in [1.54, 1.807) is 0 Å². The van der Waals surface area contributed by atoms with Crippen LogP contribution in [-0.2, 0) is 0 Å². The second-order valence-corrected chi connectivity index (χ2v) is 4.90. The minimum Gasteiger partial charge on any atom is -0.396 e. The first kappa shape index (κ1) is 13.9. The van der Waals surface area contributed by atoms with Crippen LogP contribution in [0.4, 0.5) is 13.2 Å². The third kappa shape index (κ3) is 3.07. The molecule has 0 aliphatic heterocycles. The molecule has 104 valence electrons. The third-order valence-corrected chi connectivity index (χ3v) is 3.46. The molecule has 0 unspecified atom stereocenters. The second-order valence-electron chi connectivity index (χ2n) is 4.90. The maximum absolute atomic E-state index is 13.4. The zero-order chi connectivity index (χ0) is 14.0. The minimum absolute atomic E-state index is 0.00907. The lowest BCUT2D eigenvalue weighted by molar-refractivity contribution is 0.0932. The number of carbonyl (C=O) groups excluding carboxylic acids is 1. The summed E-state index contributed by atoms with van der Waals surface area (Å²) in [5.41, 5.74) is -0.932. The van der Waals surface area contributed by atoms with Crippen LogP contribution >= 0.6 is 0 Å². The number of amides is 1. The Bertz CT molecular complexity index is 478. The number of halogens is 3. The molecule has 0 radical (unpaired) electrons. The first-order chi connectivity index (χ1) is 8.97. The van der Waals surface area contributed by atoms with Crippen molar-refractivity contribution in [3.05, 3.63) is 35.1 Å². The number of hydrogen-bond acceptors (Lipinski definition) is 2. The third-order valence-electron chi connectivity index (χ3n) is 3.46. The summed E-state index contributed by atoms with van der Waals surface area (Å²) in [4.78, 5) is 11.7. The van der Waals surface area contributed by atoms with Crippen molar-refractivity contribution < 1.29 is 23.1 Å². The standard InChI is InChI=1S/C13H14F3NO2/c14-8-5-9(15)11(10(16)6-8)12(19)17-7-13(1-2-13)3-4-18/h5-6,18H,1-4,7H2,(H,17,19). The summed E-state index contributed by atoms with van der Waals surface area (Å²) in [7, 11) is 0. The Labute approximate surface area is 108 Å². The second kappa shape index (κ2) is 5.21. The van der Waals surface area contributed by atoms with Gasteiger partial charge in [-0.15, -0.1) is 0 Å². The molecule has 1 aliphatic carbocycles. The average molecular weight is 273 g/mol. The van der Waals surface area contributed by atoms with Crippen LogP contribution in [0.3, 0.4) is 0 Å². The highest BCUT2D eigenvalue weighted by molar-refractivity contribution is 5.94. The molecule has 0 heterocycles. The van der Waals surface area contributed by atoms with E-state index in [0.29, 0.717) is 18.6 Å². The van der Waals surface area contributed by atoms with Crippen molar-refractivity contribution in [2.45, 2.75) is 19.3 Å². The molecule has 1 aliphatic rings. The highest BCUT2D eigenvalue weighted by Crippen LogP contribution is 2.47. The van der Waals surface area contributed by atoms with Gasteiger partial charge in [0.2, 0.25) is 0 Å². The molecule has 0 bridgehead atoms. The van der Waals surface area contributed by atoms with Gasteiger partial charge in [-0.3, -0.25) is 4.79 Å². The number of benzene rings is 1. The van der Waals surface area contributed by atoms with Gasteiger partial charge < -0.3 is 10.4 Å². The SMILES string of the molecule is O=C(NCC1(CCO)CC1)c1c(F)cc(F)cc1F. The molecule has 0 aromatic heterocycles. The molecule has 19 heavy (non-hydrogen) atoms. The lowest BCUT2D eigenvalue weighted by Gasteiger charge is -2.15. The van der Waals surface area contributed by atoms with Crippen LogP contribution in [-0.4, -0.2) is 24.2 Å². The largest absolute Gasteiger partial charge is 0.396 e. The van der Waals surface area contributed by atoms with E-state index < -0.39 is 28.9 Å². The van der Waals surface area contributed by atoms with Gasteiger partial charge >= 0.3 is 0 Å². The van der Waals surface area contributed by atoms with E-state index in [9.17, 15) is 18.0 Å². The molecule has 6 heteroatoms. The van der Waals surface area contributed by atoms with Gasteiger partial charge in [-0.05, 0) is 24.7 Å². The molecule has 2 N–H and O–H groups in total. The van der Waals surface area contributed by atoms with Crippen molar-refractivity contribution in [3.8, 4) is 0 Å². The first-order valence-corrected chi connectivity index (χ1v) is 6.01. The lowest BCUT2D eigenvalue weighted by atomic mass is 10.0. The van der Waals surface area contributed by atoms with Gasteiger partial charge in [-0.25, -0.2) is 13.2 Å². The van der Waals surface area contributed by atoms with E-state index in [-0.39, 0.29) is 18.6 Å². The molecule has 1 amide bonds. The van der Waals surface area contributed by atoms with Gasteiger partial charge in [0.25, 0.3) is 5.91 Å². The van der Waals surface area contributed by atoms with Gasteiger partial charge in [0.15, 0.2) is 0 Å². The van der Waals surface area contributed by atoms with Crippen LogP contribution in [0.25, 0.3) is 0 Å². The lowest BCUT2D eigenvalue weighted by Crippen LogP contribution is -2.32. The van der Waals surface area contributed by atoms with E-state index in [1.165, 1.54) is 0 Å². The number of rotatable bonds is 5. The molecule has 3 nitrogen and oxygen atoms in total. The highest BCUT2D eigenvalue weighted by Gasteiger charge is 2.42. The molecule has 0 atom stereocenters. The molecule has 0 spiro atoms. The van der Waals surface area contributed by atoms with Crippen LogP contribution < -0.4 is 5.32 Å². The summed E-state index contributed by atoms with van der Waals surface area (Å²) in [5.74, 6) is -4.41. The summed E-state index contributed by atoms with van der Waals surface area (Å²) < 4.78 is 39.4. The van der Waals surface area contributed by atoms with Crippen LogP contribution in [0.2, 0.25) is 0 Å². The van der Waals surface area contributed by atoms with Crippen molar-refractivity contribution in [2.24, 2.45) is 5.41 Å². The molecular weight excluding hydrogens is 259 g/mol. The predicted molar refractivity (Wildman–Crippen MR) is 62.0 cm³/mol. The average Bonchev–Trinajstić information content (AvgIpc) is 3.06. The predicted octanol–water partition coefficient (Wildman–Crippen LogP) is 2.00. The van der Waals surface area contributed by atoms with Crippen molar-refractivity contribution >= 4 is 5.91 Å². The molecule has 1 aromatic rings. The molecule has 1 fully saturated rings. The molecule has 1 aromatic carbocycles. The Morgan fingerprint density at radius 1 is 1.26 bits per heavy atom. The fourth-order valence-electron chi connectivity index (χ4n) is 2.04. The molecule has 0 saturated heterocycles. The Hall–Kier alpha value is -1.56. The van der Waals surface area contributed by atoms with Gasteiger partial charge in [0, 0.05) is 25.3 Å². The topological polar surface area (TPSA) is 49.3 Å². The Morgan fingerprint density at radius 3 is 2.32 bits per heavy atom. The van der Waals surface area contributed by atoms with E-state index >= 15 is 0 Å². The van der Waals surface area contributed by atoms with Crippen molar-refractivity contribution in [2.75, 3.05) is 13.2 Å². The van der Waals surface area contributed by atoms with Gasteiger partial charge in [-0.1, -0.05) is 0 Å². The summed E-state index contributed by atoms with van der Waals surface area (Å²) in [5, 5.41) is 11.3. The Kier molecular flexibility index (Phi) is 3.80. The van der Waals surface area contributed by atoms with Crippen LogP contribution in [0.15, 0.2) is 12.1 Å². The molecule has 1 saturated carbocycles. The number of aliphatic hydroxyl groups excluding tert-OH is 1. The summed E-state index contributed by atoms with van der Waals surface area (Å²) in [6, 6.07) is 0.942. The quantitative estimate of drug-likeness (QED) is 0.862. The normalized spacial score (nSPS) is 16.2. The van der Waals surface area contributed by atoms with Crippen molar-refractivity contribution in [3.63, 3.8) is 0 Å². The van der Waals surface area contributed by atoms with E-state index in [1.807, 2.05) is 0 Å². The van der Waals surface area contributed by atoms with E-state index in [0.717, 1.165) is 12.8 Å². The van der Waals surface area contributed by atoms with Crippen LogP contribution in [0, 0.1) is 22.9 Å². The summed E-state index contributed by atoms with van der Waals surface area (Å²) >= 11 is 0. The van der Waals surface area contributed by atoms with Gasteiger partial charge in [0.05, 0.1) is 0 Å². The molecular formula is C13H14F3NO2. The zero-order valence-corrected chi connectivity index (χ0v) is 10.2. The maximum Gasteiger partial charge on any atom is 0.257 e. The van der Waals surface area contributed by atoms with Crippen molar-refractivity contribution in [1.82, 2.24) is 5.32 Å². The highest BCUT2D eigenvalue weighted by atomic mass is 19.1. The Morgan fingerprint density at radius 2 is 1.84 bits per heavy atom. The monoisotopic (exact) mass is 273 g/mol. The van der Waals surface area contributed by atoms with Gasteiger partial charge in [0.1, 0.15) is 23.0 Å². The zero-order valence-electron chi connectivity index (χ0n) is 10.2. The maximum atomic E-state index is 13.4. The smallest absolute Gasteiger partial charge is 0.257 e. The van der Waals surface area contributed by atoms with Crippen LogP contribution in [0.1, 0.15) is 29.6 Å². The van der Waals surface area contributed by atoms with Crippen LogP contribution in [0.5, 0.6) is 0 Å². The first-order valence-electron chi connectivity index (χ1n) is 6.01. The Balaban J connectivity index is 2.05. The van der Waals surface area contributed by atoms with E-state index in [2.05, 4.69) is 5.32 Å². The summed E-state index contributed by atoms with van der Waals surface area (Å²) in [6.45, 7) is 0.262. The summed E-state index contributed by atoms with van der Waals surface area (Å²) in [6.07, 6.45) is 2.27. The number of nitrogens with one attached hydrogen (secondary N) is 1. The van der Waals surface area contributed by atoms with Crippen molar-refractivity contribution in [1.29, 1.82) is 0 Å². The molecule has 2 rings (SSSR count). The fourth-order valence-corrected chi connectivity index (χ4v) is 2.04. The number of hydrogen-bond donors (Lipinski definition) is 2. The van der Waals surface area contributed by atoms with Gasteiger partial charge in [-0.2, -0.15) is 0 Å². The minimum atomic E-state index is -1.22. The number of aliphatic hydroxyl groups is 1. The number of carbonyl (C=O) groups is 1. The fraction of sp³-hybridized carbons (Fsp3) is 0.462.